The minimum atomic E-state index is 0.411. The van der Waals surface area contributed by atoms with E-state index in [-0.39, 0.29) is 0 Å². The molecule has 2 aliphatic carbocycles. The van der Waals surface area contributed by atoms with Gasteiger partial charge in [0.15, 0.2) is 0 Å². The van der Waals surface area contributed by atoms with Gasteiger partial charge in [0.25, 0.3) is 0 Å². The molecule has 1 aromatic heterocycles. The molecule has 1 aromatic rings. The lowest BCUT2D eigenvalue weighted by atomic mass is 9.88. The van der Waals surface area contributed by atoms with Crippen LogP contribution in [0.5, 0.6) is 0 Å². The van der Waals surface area contributed by atoms with E-state index in [1.165, 1.54) is 47.8 Å². The molecule has 0 aliphatic heterocycles. The first-order valence-electron chi connectivity index (χ1n) is 7.30. The highest BCUT2D eigenvalue weighted by Crippen LogP contribution is 2.48. The van der Waals surface area contributed by atoms with Crippen LogP contribution < -0.4 is 5.32 Å². The van der Waals surface area contributed by atoms with Crippen molar-refractivity contribution in [1.82, 2.24) is 10.3 Å². The number of aromatic nitrogens is 1. The number of nitrogens with zero attached hydrogens (tertiary/aromatic N) is 1. The predicted octanol–water partition coefficient (Wildman–Crippen LogP) is 3.85. The molecule has 1 heterocycles. The zero-order valence-corrected chi connectivity index (χ0v) is 12.5. The van der Waals surface area contributed by atoms with E-state index in [2.05, 4.69) is 31.1 Å². The maximum atomic E-state index is 4.66. The fraction of sp³-hybridized carbons (Fsp3) is 0.800. The molecule has 0 saturated heterocycles. The average molecular weight is 264 g/mol. The van der Waals surface area contributed by atoms with E-state index in [1.807, 2.05) is 11.3 Å². The van der Waals surface area contributed by atoms with E-state index in [1.54, 1.807) is 0 Å². The van der Waals surface area contributed by atoms with Gasteiger partial charge < -0.3 is 5.32 Å². The van der Waals surface area contributed by atoms with Crippen LogP contribution in [0.3, 0.4) is 0 Å². The summed E-state index contributed by atoms with van der Waals surface area (Å²) in [5.74, 6) is 3.01. The quantitative estimate of drug-likeness (QED) is 0.893. The molecule has 0 spiro atoms. The van der Waals surface area contributed by atoms with Gasteiger partial charge in [-0.3, -0.25) is 0 Å². The maximum Gasteiger partial charge on any atom is 0.0900 e. The largest absolute Gasteiger partial charge is 0.309 e. The molecule has 2 bridgehead atoms. The molecule has 2 fully saturated rings. The molecular formula is C15H24N2S. The van der Waals surface area contributed by atoms with Gasteiger partial charge in [-0.25, -0.2) is 4.98 Å². The first-order valence-corrected chi connectivity index (χ1v) is 8.12. The minimum Gasteiger partial charge on any atom is -0.309 e. The third-order valence-electron chi connectivity index (χ3n) is 4.92. The second kappa shape index (κ2) is 4.93. The Balaban J connectivity index is 1.55. The third kappa shape index (κ3) is 2.35. The van der Waals surface area contributed by atoms with Crippen LogP contribution in [0.2, 0.25) is 0 Å². The molecule has 100 valence electrons. The average Bonchev–Trinajstić information content (AvgIpc) is 3.01. The molecule has 4 atom stereocenters. The Bertz CT molecular complexity index is 426. The van der Waals surface area contributed by atoms with Gasteiger partial charge in [-0.1, -0.05) is 6.42 Å². The van der Waals surface area contributed by atoms with Gasteiger partial charge in [0.1, 0.15) is 0 Å². The van der Waals surface area contributed by atoms with Crippen LogP contribution in [0.25, 0.3) is 0 Å². The number of fused-ring (bicyclic) bond motifs is 2. The van der Waals surface area contributed by atoms with Crippen molar-refractivity contribution < 1.29 is 0 Å². The van der Waals surface area contributed by atoms with Crippen molar-refractivity contribution in [3.63, 3.8) is 0 Å². The molecule has 0 amide bonds. The third-order valence-corrected chi connectivity index (χ3v) is 5.82. The minimum absolute atomic E-state index is 0.411. The number of hydrogen-bond donors (Lipinski definition) is 1. The van der Waals surface area contributed by atoms with Crippen molar-refractivity contribution in [2.45, 2.75) is 52.5 Å². The summed E-state index contributed by atoms with van der Waals surface area (Å²) in [5, 5.41) is 4.91. The summed E-state index contributed by atoms with van der Waals surface area (Å²) < 4.78 is 0. The molecule has 3 heteroatoms. The summed E-state index contributed by atoms with van der Waals surface area (Å²) >= 11 is 1.82. The van der Waals surface area contributed by atoms with E-state index in [0.29, 0.717) is 6.04 Å². The Morgan fingerprint density at radius 2 is 2.17 bits per heavy atom. The van der Waals surface area contributed by atoms with E-state index >= 15 is 0 Å². The monoisotopic (exact) mass is 264 g/mol. The molecule has 18 heavy (non-hydrogen) atoms. The Kier molecular flexibility index (Phi) is 3.46. The topological polar surface area (TPSA) is 24.9 Å². The Morgan fingerprint density at radius 1 is 1.33 bits per heavy atom. The summed E-state index contributed by atoms with van der Waals surface area (Å²) in [6.07, 6.45) is 5.97. The van der Waals surface area contributed by atoms with Crippen molar-refractivity contribution in [3.8, 4) is 0 Å². The maximum absolute atomic E-state index is 4.66. The molecular weight excluding hydrogens is 240 g/mol. The van der Waals surface area contributed by atoms with Crippen LogP contribution in [0, 0.1) is 31.6 Å². The molecule has 0 aromatic carbocycles. The van der Waals surface area contributed by atoms with Crippen LogP contribution in [-0.4, -0.2) is 11.5 Å². The fourth-order valence-electron chi connectivity index (χ4n) is 4.00. The van der Waals surface area contributed by atoms with Gasteiger partial charge in [0.2, 0.25) is 0 Å². The summed E-state index contributed by atoms with van der Waals surface area (Å²) in [7, 11) is 0. The standard InChI is InChI=1S/C15H24N2S/c1-9(15-10(2)18-11(3)17-15)16-8-14-7-12-4-5-13(14)6-12/h9,12-14,16H,4-8H2,1-3H3. The van der Waals surface area contributed by atoms with Gasteiger partial charge in [0.05, 0.1) is 10.7 Å². The number of hydrogen-bond acceptors (Lipinski definition) is 3. The van der Waals surface area contributed by atoms with Gasteiger partial charge in [-0.15, -0.1) is 11.3 Å². The summed E-state index contributed by atoms with van der Waals surface area (Å²) in [6, 6.07) is 0.411. The first-order chi connectivity index (χ1) is 8.63. The predicted molar refractivity (Wildman–Crippen MR) is 76.9 cm³/mol. The van der Waals surface area contributed by atoms with Gasteiger partial charge in [-0.05, 0) is 64.3 Å². The number of nitrogens with one attached hydrogen (secondary N) is 1. The number of thiazole rings is 1. The van der Waals surface area contributed by atoms with Crippen LogP contribution in [-0.2, 0) is 0 Å². The van der Waals surface area contributed by atoms with Crippen molar-refractivity contribution in [1.29, 1.82) is 0 Å². The van der Waals surface area contributed by atoms with Crippen LogP contribution in [0.1, 0.15) is 54.2 Å². The van der Waals surface area contributed by atoms with Crippen molar-refractivity contribution >= 4 is 11.3 Å². The normalized spacial score (nSPS) is 32.1. The van der Waals surface area contributed by atoms with Gasteiger partial charge in [-0.2, -0.15) is 0 Å². The SMILES string of the molecule is Cc1nc(C(C)NCC2CC3CCC2C3)c(C)s1. The van der Waals surface area contributed by atoms with Crippen molar-refractivity contribution in [3.05, 3.63) is 15.6 Å². The molecule has 3 rings (SSSR count). The van der Waals surface area contributed by atoms with Gasteiger partial charge in [0, 0.05) is 10.9 Å². The molecule has 4 unspecified atom stereocenters. The highest BCUT2D eigenvalue weighted by Gasteiger charge is 2.39. The summed E-state index contributed by atoms with van der Waals surface area (Å²) in [5.41, 5.74) is 1.26. The van der Waals surface area contributed by atoms with Crippen molar-refractivity contribution in [2.75, 3.05) is 6.54 Å². The number of aryl methyl sites for hydroxylation is 2. The molecule has 0 radical (unpaired) electrons. The zero-order valence-electron chi connectivity index (χ0n) is 11.7. The number of rotatable bonds is 4. The van der Waals surface area contributed by atoms with Crippen LogP contribution in [0.4, 0.5) is 0 Å². The summed E-state index contributed by atoms with van der Waals surface area (Å²) in [6.45, 7) is 7.74. The highest BCUT2D eigenvalue weighted by molar-refractivity contribution is 7.11. The van der Waals surface area contributed by atoms with Crippen LogP contribution in [0.15, 0.2) is 0 Å². The highest BCUT2D eigenvalue weighted by atomic mass is 32.1. The van der Waals surface area contributed by atoms with E-state index in [0.717, 1.165) is 17.8 Å². The van der Waals surface area contributed by atoms with Crippen molar-refractivity contribution in [2.24, 2.45) is 17.8 Å². The molecule has 2 nitrogen and oxygen atoms in total. The Hall–Kier alpha value is -0.410. The second-order valence-corrected chi connectivity index (χ2v) is 7.65. The Morgan fingerprint density at radius 3 is 2.72 bits per heavy atom. The summed E-state index contributed by atoms with van der Waals surface area (Å²) in [4.78, 5) is 6.03. The lowest BCUT2D eigenvalue weighted by molar-refractivity contribution is 0.308. The zero-order chi connectivity index (χ0) is 12.7. The van der Waals surface area contributed by atoms with E-state index in [4.69, 9.17) is 0 Å². The molecule has 2 saturated carbocycles. The fourth-order valence-corrected chi connectivity index (χ4v) is 4.91. The lowest BCUT2D eigenvalue weighted by Crippen LogP contribution is -2.29. The smallest absolute Gasteiger partial charge is 0.0900 e. The first kappa shape index (κ1) is 12.6. The van der Waals surface area contributed by atoms with E-state index in [9.17, 15) is 0 Å². The lowest BCUT2D eigenvalue weighted by Gasteiger charge is -2.24. The molecule has 1 N–H and O–H groups in total. The second-order valence-electron chi connectivity index (χ2n) is 6.24. The Labute approximate surface area is 114 Å². The van der Waals surface area contributed by atoms with E-state index < -0.39 is 0 Å². The van der Waals surface area contributed by atoms with Gasteiger partial charge >= 0.3 is 0 Å². The van der Waals surface area contributed by atoms with Crippen LogP contribution >= 0.6 is 11.3 Å². The molecule has 2 aliphatic rings.